The maximum Gasteiger partial charge on any atom is 0.243 e. The number of sulfonamides is 1. The van der Waals surface area contributed by atoms with E-state index in [1.165, 1.54) is 11.1 Å². The fourth-order valence-electron chi connectivity index (χ4n) is 4.30. The summed E-state index contributed by atoms with van der Waals surface area (Å²) in [4.78, 5) is 12.9. The van der Waals surface area contributed by atoms with Crippen molar-refractivity contribution in [3.63, 3.8) is 0 Å². The molecule has 1 aliphatic heterocycles. The molecule has 180 valence electrons. The predicted octanol–water partition coefficient (Wildman–Crippen LogP) is 4.24. The van der Waals surface area contributed by atoms with Crippen molar-refractivity contribution in [1.29, 1.82) is 0 Å². The first kappa shape index (κ1) is 25.2. The van der Waals surface area contributed by atoms with E-state index in [4.69, 9.17) is 4.74 Å². The molecule has 3 rings (SSSR count). The molecule has 1 fully saturated rings. The van der Waals surface area contributed by atoms with Crippen LogP contribution in [0.3, 0.4) is 0 Å². The molecule has 7 heteroatoms. The second-order valence-electron chi connectivity index (χ2n) is 8.53. The molecular formula is C26H36N2O4S. The van der Waals surface area contributed by atoms with Crippen molar-refractivity contribution >= 4 is 15.9 Å². The Balaban J connectivity index is 1.67. The average molecular weight is 473 g/mol. The van der Waals surface area contributed by atoms with Gasteiger partial charge in [-0.3, -0.25) is 4.79 Å². The van der Waals surface area contributed by atoms with Crippen LogP contribution >= 0.6 is 0 Å². The Morgan fingerprint density at radius 1 is 0.970 bits per heavy atom. The summed E-state index contributed by atoms with van der Waals surface area (Å²) >= 11 is 0. The number of carbonyl (C=O) groups excluding carboxylic acids is 1. The number of nitrogens with zero attached hydrogens (tertiary/aromatic N) is 1. The van der Waals surface area contributed by atoms with E-state index in [-0.39, 0.29) is 17.2 Å². The molecule has 1 heterocycles. The lowest BCUT2D eigenvalue weighted by Gasteiger charge is -2.26. The van der Waals surface area contributed by atoms with E-state index in [9.17, 15) is 13.2 Å². The number of hydrogen-bond acceptors (Lipinski definition) is 4. The van der Waals surface area contributed by atoms with E-state index in [0.717, 1.165) is 43.2 Å². The second kappa shape index (κ2) is 11.7. The van der Waals surface area contributed by atoms with Crippen LogP contribution in [0.5, 0.6) is 5.75 Å². The quantitative estimate of drug-likeness (QED) is 0.561. The van der Waals surface area contributed by atoms with Crippen molar-refractivity contribution < 1.29 is 17.9 Å². The number of hydrogen-bond donors (Lipinski definition) is 1. The van der Waals surface area contributed by atoms with Gasteiger partial charge in [0.15, 0.2) is 0 Å². The lowest BCUT2D eigenvalue weighted by Crippen LogP contribution is -2.35. The minimum Gasteiger partial charge on any atom is -0.496 e. The van der Waals surface area contributed by atoms with Crippen LogP contribution in [0, 0.1) is 0 Å². The zero-order valence-corrected chi connectivity index (χ0v) is 20.8. The highest BCUT2D eigenvalue weighted by atomic mass is 32.2. The Bertz CT molecular complexity index is 1060. The number of rotatable bonds is 10. The number of amides is 1. The zero-order valence-electron chi connectivity index (χ0n) is 20.0. The number of carbonyl (C=O) groups is 1. The number of ether oxygens (including phenoxy) is 1. The topological polar surface area (TPSA) is 75.7 Å². The maximum atomic E-state index is 13.1. The number of methoxy groups -OCH3 is 1. The molecule has 0 spiro atoms. The van der Waals surface area contributed by atoms with Gasteiger partial charge in [0.25, 0.3) is 0 Å². The largest absolute Gasteiger partial charge is 0.496 e. The van der Waals surface area contributed by atoms with E-state index in [1.54, 1.807) is 29.6 Å². The van der Waals surface area contributed by atoms with Crippen molar-refractivity contribution in [2.75, 3.05) is 20.2 Å². The Labute approximate surface area is 198 Å². The van der Waals surface area contributed by atoms with E-state index in [0.29, 0.717) is 31.8 Å². The van der Waals surface area contributed by atoms with Gasteiger partial charge in [-0.2, -0.15) is 4.31 Å². The lowest BCUT2D eigenvalue weighted by atomic mass is 10.0. The van der Waals surface area contributed by atoms with Crippen LogP contribution in [0.25, 0.3) is 0 Å². The highest BCUT2D eigenvalue weighted by Gasteiger charge is 2.26. The normalized spacial score (nSPS) is 14.8. The van der Waals surface area contributed by atoms with Gasteiger partial charge in [0.2, 0.25) is 15.9 Å². The summed E-state index contributed by atoms with van der Waals surface area (Å²) in [5.74, 6) is 0.537. The van der Waals surface area contributed by atoms with Gasteiger partial charge in [0, 0.05) is 26.1 Å². The highest BCUT2D eigenvalue weighted by Crippen LogP contribution is 2.27. The van der Waals surface area contributed by atoms with Crippen molar-refractivity contribution in [2.45, 2.75) is 70.2 Å². The molecule has 2 aromatic carbocycles. The first-order valence-electron chi connectivity index (χ1n) is 11.9. The maximum absolute atomic E-state index is 13.1. The SMILES string of the molecule is CCc1ccc(CC)c(CNC(=O)CCc2cc(S(=O)(=O)N3CCCCC3)ccc2OC)c1. The number of aryl methyl sites for hydroxylation is 3. The molecule has 1 amide bonds. The average Bonchev–Trinajstić information content (AvgIpc) is 2.86. The van der Waals surface area contributed by atoms with Gasteiger partial charge in [-0.15, -0.1) is 0 Å². The van der Waals surface area contributed by atoms with Crippen molar-refractivity contribution in [3.8, 4) is 5.75 Å². The van der Waals surface area contributed by atoms with E-state index in [1.807, 2.05) is 0 Å². The molecule has 33 heavy (non-hydrogen) atoms. The second-order valence-corrected chi connectivity index (χ2v) is 10.5. The van der Waals surface area contributed by atoms with Crippen molar-refractivity contribution in [2.24, 2.45) is 0 Å². The zero-order chi connectivity index (χ0) is 23.8. The summed E-state index contributed by atoms with van der Waals surface area (Å²) in [5.41, 5.74) is 4.38. The molecule has 1 saturated heterocycles. The molecule has 0 atom stereocenters. The fraction of sp³-hybridized carbons (Fsp3) is 0.500. The van der Waals surface area contributed by atoms with Gasteiger partial charge in [0.05, 0.1) is 12.0 Å². The molecule has 0 unspecified atom stereocenters. The standard InChI is InChI=1S/C26H36N2O4S/c1-4-20-9-10-21(5-2)23(17-20)19-27-26(29)14-11-22-18-24(12-13-25(22)32-3)33(30,31)28-15-7-6-8-16-28/h9-10,12-13,17-18H,4-8,11,14-16,19H2,1-3H3,(H,27,29). The third kappa shape index (κ3) is 6.36. The molecule has 1 aliphatic rings. The first-order valence-corrected chi connectivity index (χ1v) is 13.4. The number of benzene rings is 2. The van der Waals surface area contributed by atoms with Gasteiger partial charge >= 0.3 is 0 Å². The molecule has 2 aromatic rings. The molecule has 0 aliphatic carbocycles. The minimum absolute atomic E-state index is 0.0645. The monoisotopic (exact) mass is 472 g/mol. The molecule has 0 aromatic heterocycles. The first-order chi connectivity index (χ1) is 15.9. The summed E-state index contributed by atoms with van der Waals surface area (Å²) in [6, 6.07) is 11.4. The van der Waals surface area contributed by atoms with Gasteiger partial charge in [-0.25, -0.2) is 8.42 Å². The van der Waals surface area contributed by atoms with Gasteiger partial charge in [-0.05, 0) is 72.6 Å². The van der Waals surface area contributed by atoms with Crippen LogP contribution in [-0.4, -0.2) is 38.8 Å². The van der Waals surface area contributed by atoms with Crippen LogP contribution < -0.4 is 10.1 Å². The van der Waals surface area contributed by atoms with E-state index >= 15 is 0 Å². The van der Waals surface area contributed by atoms with Gasteiger partial charge < -0.3 is 10.1 Å². The third-order valence-electron chi connectivity index (χ3n) is 6.36. The summed E-state index contributed by atoms with van der Waals surface area (Å²) < 4.78 is 33.1. The summed E-state index contributed by atoms with van der Waals surface area (Å²) in [5, 5.41) is 3.02. The number of nitrogens with one attached hydrogen (secondary N) is 1. The summed E-state index contributed by atoms with van der Waals surface area (Å²) in [7, 11) is -1.97. The summed E-state index contributed by atoms with van der Waals surface area (Å²) in [6.07, 6.45) is 5.41. The molecule has 1 N–H and O–H groups in total. The number of piperidine rings is 1. The molecule has 0 radical (unpaired) electrons. The van der Waals surface area contributed by atoms with E-state index < -0.39 is 10.0 Å². The predicted molar refractivity (Wildman–Crippen MR) is 131 cm³/mol. The molecule has 0 bridgehead atoms. The van der Waals surface area contributed by atoms with Crippen LogP contribution in [0.15, 0.2) is 41.3 Å². The Morgan fingerprint density at radius 3 is 2.39 bits per heavy atom. The van der Waals surface area contributed by atoms with Crippen molar-refractivity contribution in [1.82, 2.24) is 9.62 Å². The Hall–Kier alpha value is -2.38. The Morgan fingerprint density at radius 2 is 1.73 bits per heavy atom. The molecular weight excluding hydrogens is 436 g/mol. The Kier molecular flexibility index (Phi) is 8.92. The van der Waals surface area contributed by atoms with Gasteiger partial charge in [-0.1, -0.05) is 38.5 Å². The van der Waals surface area contributed by atoms with E-state index in [2.05, 4.69) is 37.4 Å². The van der Waals surface area contributed by atoms with Crippen LogP contribution in [0.4, 0.5) is 0 Å². The third-order valence-corrected chi connectivity index (χ3v) is 8.26. The minimum atomic E-state index is -3.53. The van der Waals surface area contributed by atoms with Gasteiger partial charge in [0.1, 0.15) is 5.75 Å². The molecule has 6 nitrogen and oxygen atoms in total. The fourth-order valence-corrected chi connectivity index (χ4v) is 5.87. The van der Waals surface area contributed by atoms with Crippen LogP contribution in [0.1, 0.15) is 61.8 Å². The smallest absolute Gasteiger partial charge is 0.243 e. The van der Waals surface area contributed by atoms with Crippen LogP contribution in [-0.2, 0) is 40.6 Å². The summed E-state index contributed by atoms with van der Waals surface area (Å²) in [6.45, 7) is 5.85. The lowest BCUT2D eigenvalue weighted by molar-refractivity contribution is -0.121. The van der Waals surface area contributed by atoms with Crippen LogP contribution in [0.2, 0.25) is 0 Å². The molecule has 0 saturated carbocycles. The highest BCUT2D eigenvalue weighted by molar-refractivity contribution is 7.89. The van der Waals surface area contributed by atoms with Crippen molar-refractivity contribution in [3.05, 3.63) is 58.7 Å².